The first-order valence-electron chi connectivity index (χ1n) is 5.19. The predicted molar refractivity (Wildman–Crippen MR) is 54.0 cm³/mol. The second-order valence-electron chi connectivity index (χ2n) is 4.83. The van der Waals surface area contributed by atoms with Gasteiger partial charge in [0.2, 0.25) is 11.7 Å². The minimum Gasteiger partial charge on any atom is -0.367 e. The molecule has 5 nitrogen and oxygen atoms in total. The Morgan fingerprint density at radius 2 is 2.20 bits per heavy atom. The van der Waals surface area contributed by atoms with Crippen molar-refractivity contribution in [2.45, 2.75) is 44.8 Å². The lowest BCUT2D eigenvalue weighted by Crippen LogP contribution is -2.29. The summed E-state index contributed by atoms with van der Waals surface area (Å²) in [7, 11) is 0. The summed E-state index contributed by atoms with van der Waals surface area (Å²) in [6.07, 6.45) is 1.96. The third-order valence-electron chi connectivity index (χ3n) is 2.67. The minimum atomic E-state index is -0.597. The molecule has 5 heteroatoms. The van der Waals surface area contributed by atoms with E-state index in [-0.39, 0.29) is 0 Å². The lowest BCUT2D eigenvalue weighted by molar-refractivity contribution is 0.00768. The predicted octanol–water partition coefficient (Wildman–Crippen LogP) is 1.29. The monoisotopic (exact) mass is 211 g/mol. The molecular formula is C10H17N3O2. The first-order valence-corrected chi connectivity index (χ1v) is 5.19. The van der Waals surface area contributed by atoms with Gasteiger partial charge in [-0.05, 0) is 33.6 Å². The molecule has 0 bridgehead atoms. The molecule has 1 aliphatic rings. The molecule has 0 radical (unpaired) electrons. The summed E-state index contributed by atoms with van der Waals surface area (Å²) in [5.74, 6) is 1.06. The Morgan fingerprint density at radius 1 is 1.47 bits per heavy atom. The van der Waals surface area contributed by atoms with Gasteiger partial charge in [0, 0.05) is 6.61 Å². The van der Waals surface area contributed by atoms with Gasteiger partial charge in [-0.3, -0.25) is 0 Å². The highest BCUT2D eigenvalue weighted by molar-refractivity contribution is 5.05. The fourth-order valence-electron chi connectivity index (χ4n) is 1.66. The minimum absolute atomic E-state index is 0.396. The molecule has 1 saturated heterocycles. The van der Waals surface area contributed by atoms with Gasteiger partial charge in [-0.2, -0.15) is 4.98 Å². The quantitative estimate of drug-likeness (QED) is 0.797. The molecule has 1 atom stereocenters. The van der Waals surface area contributed by atoms with Gasteiger partial charge in [-0.25, -0.2) is 0 Å². The molecule has 0 aliphatic carbocycles. The molecule has 1 fully saturated rings. The van der Waals surface area contributed by atoms with E-state index in [4.69, 9.17) is 15.0 Å². The van der Waals surface area contributed by atoms with Crippen LogP contribution in [-0.4, -0.2) is 16.7 Å². The van der Waals surface area contributed by atoms with Crippen LogP contribution in [0.5, 0.6) is 0 Å². The van der Waals surface area contributed by atoms with Crippen LogP contribution in [-0.2, 0) is 15.9 Å². The van der Waals surface area contributed by atoms with Gasteiger partial charge in [0.05, 0.1) is 5.54 Å². The molecular weight excluding hydrogens is 194 g/mol. The number of hydrogen-bond acceptors (Lipinski definition) is 5. The largest absolute Gasteiger partial charge is 0.367 e. The summed E-state index contributed by atoms with van der Waals surface area (Å²) in [6, 6.07) is 0. The maximum absolute atomic E-state index is 5.87. The first kappa shape index (κ1) is 10.6. The fraction of sp³-hybridized carbons (Fsp3) is 0.800. The van der Waals surface area contributed by atoms with Gasteiger partial charge in [0.1, 0.15) is 5.60 Å². The Morgan fingerprint density at radius 3 is 2.67 bits per heavy atom. The zero-order valence-electron chi connectivity index (χ0n) is 9.41. The topological polar surface area (TPSA) is 74.2 Å². The molecule has 2 heterocycles. The molecule has 1 aromatic heterocycles. The van der Waals surface area contributed by atoms with Crippen LogP contribution in [0.4, 0.5) is 0 Å². The first-order chi connectivity index (χ1) is 6.92. The van der Waals surface area contributed by atoms with E-state index in [1.165, 1.54) is 0 Å². The molecule has 0 amide bonds. The van der Waals surface area contributed by atoms with E-state index in [0.29, 0.717) is 11.7 Å². The van der Waals surface area contributed by atoms with Gasteiger partial charge < -0.3 is 15.0 Å². The Kier molecular flexibility index (Phi) is 2.31. The van der Waals surface area contributed by atoms with Crippen LogP contribution < -0.4 is 5.73 Å². The van der Waals surface area contributed by atoms with Crippen LogP contribution in [0.3, 0.4) is 0 Å². The maximum atomic E-state index is 5.87. The third kappa shape index (κ3) is 1.89. The van der Waals surface area contributed by atoms with Crippen molar-refractivity contribution < 1.29 is 9.26 Å². The molecule has 0 aromatic carbocycles. The summed E-state index contributed by atoms with van der Waals surface area (Å²) in [5.41, 5.74) is 4.88. The van der Waals surface area contributed by atoms with Crippen molar-refractivity contribution in [3.05, 3.63) is 11.7 Å². The van der Waals surface area contributed by atoms with Crippen molar-refractivity contribution in [1.29, 1.82) is 0 Å². The van der Waals surface area contributed by atoms with Gasteiger partial charge >= 0.3 is 0 Å². The Hall–Kier alpha value is -0.940. The van der Waals surface area contributed by atoms with Crippen molar-refractivity contribution in [1.82, 2.24) is 10.1 Å². The highest BCUT2D eigenvalue weighted by Crippen LogP contribution is 2.34. The number of aromatic nitrogens is 2. The zero-order chi connectivity index (χ0) is 11.1. The van der Waals surface area contributed by atoms with E-state index in [9.17, 15) is 0 Å². The number of hydrogen-bond donors (Lipinski definition) is 1. The van der Waals surface area contributed by atoms with Crippen LogP contribution >= 0.6 is 0 Å². The van der Waals surface area contributed by atoms with Gasteiger partial charge in [-0.15, -0.1) is 0 Å². The average molecular weight is 211 g/mol. The van der Waals surface area contributed by atoms with E-state index >= 15 is 0 Å². The average Bonchev–Trinajstić information content (AvgIpc) is 2.69. The molecule has 1 aromatic rings. The summed E-state index contributed by atoms with van der Waals surface area (Å²) in [6.45, 7) is 6.41. The standard InChI is InChI=1S/C10H17N3O2/c1-9(2,11)8-12-7(13-15-8)10(3)5-4-6-14-10/h4-6,11H2,1-3H3. The lowest BCUT2D eigenvalue weighted by atomic mass is 10.0. The summed E-state index contributed by atoms with van der Waals surface area (Å²) >= 11 is 0. The van der Waals surface area contributed by atoms with Crippen molar-refractivity contribution in [3.8, 4) is 0 Å². The fourth-order valence-corrected chi connectivity index (χ4v) is 1.66. The van der Waals surface area contributed by atoms with Crippen molar-refractivity contribution in [2.75, 3.05) is 6.61 Å². The number of nitrogens with two attached hydrogens (primary N) is 1. The smallest absolute Gasteiger partial charge is 0.246 e. The van der Waals surface area contributed by atoms with Crippen LogP contribution in [0.15, 0.2) is 4.52 Å². The lowest BCUT2D eigenvalue weighted by Gasteiger charge is -2.18. The molecule has 15 heavy (non-hydrogen) atoms. The number of nitrogens with zero attached hydrogens (tertiary/aromatic N) is 2. The highest BCUT2D eigenvalue weighted by atomic mass is 16.5. The molecule has 2 rings (SSSR count). The normalized spacial score (nSPS) is 27.2. The van der Waals surface area contributed by atoms with Crippen LogP contribution in [0.25, 0.3) is 0 Å². The van der Waals surface area contributed by atoms with Crippen LogP contribution in [0.1, 0.15) is 45.3 Å². The van der Waals surface area contributed by atoms with Crippen LogP contribution in [0.2, 0.25) is 0 Å². The summed E-state index contributed by atoms with van der Waals surface area (Å²) in [4.78, 5) is 4.31. The SMILES string of the molecule is CC(C)(N)c1nc(C2(C)CCCO2)no1. The number of rotatable bonds is 2. The molecule has 1 unspecified atom stereocenters. The molecule has 1 aliphatic heterocycles. The van der Waals surface area contributed by atoms with Crippen LogP contribution in [0, 0.1) is 0 Å². The second kappa shape index (κ2) is 3.28. The Bertz CT molecular complexity index is 348. The molecule has 84 valence electrons. The van der Waals surface area contributed by atoms with Gasteiger partial charge in [-0.1, -0.05) is 5.16 Å². The van der Waals surface area contributed by atoms with E-state index in [2.05, 4.69) is 10.1 Å². The van der Waals surface area contributed by atoms with Gasteiger partial charge in [0.25, 0.3) is 0 Å². The molecule has 2 N–H and O–H groups in total. The Balaban J connectivity index is 2.27. The van der Waals surface area contributed by atoms with E-state index in [0.717, 1.165) is 19.4 Å². The molecule has 0 saturated carbocycles. The van der Waals surface area contributed by atoms with E-state index in [1.54, 1.807) is 0 Å². The molecule has 0 spiro atoms. The Labute approximate surface area is 89.0 Å². The van der Waals surface area contributed by atoms with Crippen molar-refractivity contribution in [2.24, 2.45) is 5.73 Å². The second-order valence-corrected chi connectivity index (χ2v) is 4.83. The van der Waals surface area contributed by atoms with Crippen molar-refractivity contribution in [3.63, 3.8) is 0 Å². The van der Waals surface area contributed by atoms with Gasteiger partial charge in [0.15, 0.2) is 0 Å². The zero-order valence-corrected chi connectivity index (χ0v) is 9.41. The third-order valence-corrected chi connectivity index (χ3v) is 2.67. The summed E-state index contributed by atoms with van der Waals surface area (Å²) in [5, 5.41) is 3.95. The highest BCUT2D eigenvalue weighted by Gasteiger charge is 2.37. The number of ether oxygens (including phenoxy) is 1. The maximum Gasteiger partial charge on any atom is 0.246 e. The van der Waals surface area contributed by atoms with E-state index < -0.39 is 11.1 Å². The van der Waals surface area contributed by atoms with Crippen molar-refractivity contribution >= 4 is 0 Å². The summed E-state index contributed by atoms with van der Waals surface area (Å²) < 4.78 is 10.8. The van der Waals surface area contributed by atoms with E-state index in [1.807, 2.05) is 20.8 Å².